The van der Waals surface area contributed by atoms with Crippen LogP contribution in [0, 0.1) is 0 Å². The van der Waals surface area contributed by atoms with Crippen LogP contribution in [0.3, 0.4) is 0 Å². The van der Waals surface area contributed by atoms with Gasteiger partial charge in [-0.25, -0.2) is 0 Å². The molecule has 0 aromatic rings. The van der Waals surface area contributed by atoms with Crippen LogP contribution in [0.1, 0.15) is 355 Å². The Hall–Kier alpha value is -3.41. The van der Waals surface area contributed by atoms with Crippen LogP contribution in [0.4, 0.5) is 0 Å². The fourth-order valence-corrected chi connectivity index (χ4v) is 10.2. The molecule has 6 nitrogen and oxygen atoms in total. The van der Waals surface area contributed by atoms with E-state index in [1.54, 1.807) is 0 Å². The average molecular weight is 1130 g/mol. The number of carbonyl (C=O) groups is 3. The van der Waals surface area contributed by atoms with Crippen molar-refractivity contribution in [1.82, 2.24) is 0 Å². The highest BCUT2D eigenvalue weighted by Gasteiger charge is 2.19. The Morgan fingerprint density at radius 1 is 0.259 bits per heavy atom. The lowest BCUT2D eigenvalue weighted by Gasteiger charge is -2.18. The molecule has 0 saturated carbocycles. The van der Waals surface area contributed by atoms with Crippen LogP contribution >= 0.6 is 0 Å². The van der Waals surface area contributed by atoms with Crippen LogP contribution in [-0.2, 0) is 28.6 Å². The van der Waals surface area contributed by atoms with Crippen molar-refractivity contribution < 1.29 is 28.6 Å². The predicted molar refractivity (Wildman–Crippen MR) is 353 cm³/mol. The Kier molecular flexibility index (Phi) is 66.2. The summed E-state index contributed by atoms with van der Waals surface area (Å²) in [5.74, 6) is -0.863. The highest BCUT2D eigenvalue weighted by atomic mass is 16.6. The molecule has 0 aliphatic carbocycles. The summed E-state index contributed by atoms with van der Waals surface area (Å²) in [6.07, 6.45) is 91.8. The van der Waals surface area contributed by atoms with E-state index in [4.69, 9.17) is 14.2 Å². The zero-order chi connectivity index (χ0) is 58.5. The summed E-state index contributed by atoms with van der Waals surface area (Å²) in [4.78, 5) is 38.4. The number of rotatable bonds is 64. The number of hydrogen-bond acceptors (Lipinski definition) is 6. The second-order valence-corrected chi connectivity index (χ2v) is 23.4. The first-order chi connectivity index (χ1) is 40.0. The largest absolute Gasteiger partial charge is 0.462 e. The van der Waals surface area contributed by atoms with E-state index in [1.807, 2.05) is 0 Å². The summed E-state index contributed by atoms with van der Waals surface area (Å²) in [6.45, 7) is 6.55. The molecule has 0 radical (unpaired) electrons. The van der Waals surface area contributed by atoms with Gasteiger partial charge in [0.2, 0.25) is 0 Å². The van der Waals surface area contributed by atoms with Gasteiger partial charge in [0.15, 0.2) is 6.10 Å². The minimum atomic E-state index is -0.777. The summed E-state index contributed by atoms with van der Waals surface area (Å²) in [6, 6.07) is 0. The number of allylic oxidation sites excluding steroid dienone is 14. The molecule has 0 N–H and O–H groups in total. The molecule has 0 aromatic carbocycles. The first-order valence-corrected chi connectivity index (χ1v) is 35.1. The summed E-state index contributed by atoms with van der Waals surface area (Å²) in [5, 5.41) is 0. The fourth-order valence-electron chi connectivity index (χ4n) is 10.2. The molecular weight excluding hydrogens is 997 g/mol. The fraction of sp³-hybridized carbons (Fsp3) is 0.773. The van der Waals surface area contributed by atoms with Gasteiger partial charge in [-0.15, -0.1) is 0 Å². The standard InChI is InChI=1S/C75H132O6/c1-4-7-10-13-16-19-22-25-27-29-30-31-32-33-34-35-36-37-38-39-40-41-42-43-44-46-47-50-53-56-59-62-65-68-74(77)80-71-72(70-79-73(76)67-64-61-58-55-52-49-24-21-18-15-12-9-6-3)81-75(78)69-66-63-60-57-54-51-48-45-28-26-23-20-17-14-11-8-5-2/h7,10,16,19,21,24-25,27,30-31,33-34,36-37,72H,4-6,8-9,11-15,17-18,20,22-23,26,28-29,32,35,38-71H2,1-3H3/b10-7-,19-16-,24-21-,27-25-,31-30-,34-33-,37-36-. The minimum absolute atomic E-state index is 0.0743. The van der Waals surface area contributed by atoms with Crippen LogP contribution in [-0.4, -0.2) is 37.2 Å². The van der Waals surface area contributed by atoms with Crippen molar-refractivity contribution in [1.29, 1.82) is 0 Å². The third kappa shape index (κ3) is 67.3. The first kappa shape index (κ1) is 77.6. The van der Waals surface area contributed by atoms with Gasteiger partial charge < -0.3 is 14.2 Å². The number of esters is 3. The Morgan fingerprint density at radius 3 is 0.778 bits per heavy atom. The minimum Gasteiger partial charge on any atom is -0.462 e. The maximum absolute atomic E-state index is 12.9. The lowest BCUT2D eigenvalue weighted by Crippen LogP contribution is -2.30. The van der Waals surface area contributed by atoms with Gasteiger partial charge in [0.25, 0.3) is 0 Å². The van der Waals surface area contributed by atoms with E-state index in [9.17, 15) is 14.4 Å². The van der Waals surface area contributed by atoms with Crippen LogP contribution in [0.5, 0.6) is 0 Å². The maximum Gasteiger partial charge on any atom is 0.306 e. The zero-order valence-corrected chi connectivity index (χ0v) is 53.8. The normalized spacial score (nSPS) is 12.6. The molecule has 6 heteroatoms. The number of ether oxygens (including phenoxy) is 3. The first-order valence-electron chi connectivity index (χ1n) is 35.1. The van der Waals surface area contributed by atoms with E-state index in [0.29, 0.717) is 19.3 Å². The molecule has 468 valence electrons. The molecule has 0 fully saturated rings. The molecule has 0 spiro atoms. The molecule has 0 saturated heterocycles. The molecule has 0 aliphatic rings. The van der Waals surface area contributed by atoms with E-state index in [1.165, 1.54) is 212 Å². The number of hydrogen-bond donors (Lipinski definition) is 0. The van der Waals surface area contributed by atoms with Gasteiger partial charge in [-0.05, 0) is 96.3 Å². The highest BCUT2D eigenvalue weighted by Crippen LogP contribution is 2.18. The van der Waals surface area contributed by atoms with Crippen LogP contribution in [0.2, 0.25) is 0 Å². The van der Waals surface area contributed by atoms with Crippen molar-refractivity contribution in [3.8, 4) is 0 Å². The summed E-state index contributed by atoms with van der Waals surface area (Å²) in [5.41, 5.74) is 0. The lowest BCUT2D eigenvalue weighted by atomic mass is 10.0. The number of unbranched alkanes of at least 4 members (excludes halogenated alkanes) is 39. The summed E-state index contributed by atoms with van der Waals surface area (Å²) < 4.78 is 17.0. The van der Waals surface area contributed by atoms with E-state index < -0.39 is 6.10 Å². The average Bonchev–Trinajstić information content (AvgIpc) is 3.46. The molecule has 81 heavy (non-hydrogen) atoms. The molecule has 0 amide bonds. The van der Waals surface area contributed by atoms with Gasteiger partial charge in [0, 0.05) is 19.3 Å². The Morgan fingerprint density at radius 2 is 0.481 bits per heavy atom. The maximum atomic E-state index is 12.9. The number of carbonyl (C=O) groups excluding carboxylic acids is 3. The topological polar surface area (TPSA) is 78.9 Å². The van der Waals surface area contributed by atoms with E-state index in [-0.39, 0.29) is 31.1 Å². The Labute approximate surface area is 503 Å². The SMILES string of the molecule is CC/C=C\C/C=C\C/C=C\C/C=C\C/C=C\C/C=C\CCCCCCCCCCCCCCCCC(=O)OCC(COC(=O)CCCCCCC/C=C\CCCCCC)OC(=O)CCCCCCCCCCCCCCCCCCC. The van der Waals surface area contributed by atoms with Crippen LogP contribution < -0.4 is 0 Å². The highest BCUT2D eigenvalue weighted by molar-refractivity contribution is 5.71. The van der Waals surface area contributed by atoms with E-state index in [2.05, 4.69) is 106 Å². The summed E-state index contributed by atoms with van der Waals surface area (Å²) in [7, 11) is 0. The van der Waals surface area contributed by atoms with Crippen molar-refractivity contribution in [3.05, 3.63) is 85.1 Å². The van der Waals surface area contributed by atoms with Gasteiger partial charge in [-0.2, -0.15) is 0 Å². The zero-order valence-electron chi connectivity index (χ0n) is 53.8. The van der Waals surface area contributed by atoms with Crippen molar-refractivity contribution in [2.24, 2.45) is 0 Å². The van der Waals surface area contributed by atoms with Crippen molar-refractivity contribution in [3.63, 3.8) is 0 Å². The molecule has 0 aliphatic heterocycles. The molecule has 0 aromatic heterocycles. The van der Waals surface area contributed by atoms with Gasteiger partial charge in [0.05, 0.1) is 0 Å². The third-order valence-electron chi connectivity index (χ3n) is 15.4. The molecule has 1 unspecified atom stereocenters. The monoisotopic (exact) mass is 1130 g/mol. The van der Waals surface area contributed by atoms with E-state index in [0.717, 1.165) is 103 Å². The molecule has 0 heterocycles. The quantitative estimate of drug-likeness (QED) is 0.0261. The molecule has 0 rings (SSSR count). The van der Waals surface area contributed by atoms with Crippen LogP contribution in [0.15, 0.2) is 85.1 Å². The predicted octanol–water partition coefficient (Wildman–Crippen LogP) is 24.2. The molecular formula is C75H132O6. The molecule has 1 atom stereocenters. The van der Waals surface area contributed by atoms with Crippen LogP contribution in [0.25, 0.3) is 0 Å². The second kappa shape index (κ2) is 69.1. The third-order valence-corrected chi connectivity index (χ3v) is 15.4. The van der Waals surface area contributed by atoms with Gasteiger partial charge in [-0.1, -0.05) is 324 Å². The smallest absolute Gasteiger partial charge is 0.306 e. The van der Waals surface area contributed by atoms with Gasteiger partial charge in [-0.3, -0.25) is 14.4 Å². The second-order valence-electron chi connectivity index (χ2n) is 23.4. The Balaban J connectivity index is 4.18. The van der Waals surface area contributed by atoms with Crippen molar-refractivity contribution in [2.75, 3.05) is 13.2 Å². The summed E-state index contributed by atoms with van der Waals surface area (Å²) >= 11 is 0. The van der Waals surface area contributed by atoms with Crippen molar-refractivity contribution in [2.45, 2.75) is 361 Å². The van der Waals surface area contributed by atoms with Gasteiger partial charge in [0.1, 0.15) is 13.2 Å². The molecule has 0 bridgehead atoms. The van der Waals surface area contributed by atoms with Gasteiger partial charge >= 0.3 is 17.9 Å². The van der Waals surface area contributed by atoms with E-state index >= 15 is 0 Å². The lowest BCUT2D eigenvalue weighted by molar-refractivity contribution is -0.167. The Bertz CT molecular complexity index is 1530. The van der Waals surface area contributed by atoms with Crippen molar-refractivity contribution >= 4 is 17.9 Å².